The van der Waals surface area contributed by atoms with E-state index in [0.29, 0.717) is 5.02 Å². The lowest BCUT2D eigenvalue weighted by Gasteiger charge is -2.15. The van der Waals surface area contributed by atoms with Crippen LogP contribution in [0.15, 0.2) is 35.1 Å². The zero-order valence-corrected chi connectivity index (χ0v) is 14.3. The third-order valence-corrected chi connectivity index (χ3v) is 4.56. The van der Waals surface area contributed by atoms with Crippen LogP contribution in [0.4, 0.5) is 11.4 Å². The number of hydrogen-bond acceptors (Lipinski definition) is 3. The van der Waals surface area contributed by atoms with Gasteiger partial charge in [0.1, 0.15) is 0 Å². The van der Waals surface area contributed by atoms with E-state index in [1.165, 1.54) is 0 Å². The molecule has 0 spiro atoms. The highest BCUT2D eigenvalue weighted by Crippen LogP contribution is 2.31. The Bertz CT molecular complexity index is 821. The van der Waals surface area contributed by atoms with Crippen molar-refractivity contribution in [3.05, 3.63) is 45.7 Å². The number of aromatic amines is 1. The molecule has 21 heavy (non-hydrogen) atoms. The molecule has 0 saturated heterocycles. The van der Waals surface area contributed by atoms with Crippen LogP contribution in [0.3, 0.4) is 0 Å². The molecule has 0 amide bonds. The minimum atomic E-state index is -0.0765. The number of nitrogens with one attached hydrogen (secondary N) is 2. The van der Waals surface area contributed by atoms with Crippen molar-refractivity contribution in [3.8, 4) is 0 Å². The van der Waals surface area contributed by atoms with E-state index in [1.54, 1.807) is 6.33 Å². The second-order valence-corrected chi connectivity index (χ2v) is 6.43. The molecule has 1 heterocycles. The molecule has 7 heteroatoms. The molecule has 0 aliphatic carbocycles. The van der Waals surface area contributed by atoms with Crippen LogP contribution in [0.25, 0.3) is 11.0 Å². The summed E-state index contributed by atoms with van der Waals surface area (Å²) in [6, 6.07) is 7.48. The summed E-state index contributed by atoms with van der Waals surface area (Å²) in [6.07, 6.45) is 1.63. The lowest BCUT2D eigenvalue weighted by atomic mass is 10.1. The molecule has 0 saturated carbocycles. The van der Waals surface area contributed by atoms with Crippen molar-refractivity contribution in [2.45, 2.75) is 6.61 Å². The Morgan fingerprint density at radius 2 is 2.19 bits per heavy atom. The molecule has 0 fully saturated rings. The van der Waals surface area contributed by atoms with E-state index >= 15 is 0 Å². The maximum Gasteiger partial charge on any atom is 0.0974 e. The van der Waals surface area contributed by atoms with Gasteiger partial charge in [0, 0.05) is 15.3 Å². The lowest BCUT2D eigenvalue weighted by Crippen LogP contribution is -2.08. The number of nitrogens with zero attached hydrogens (tertiary/aromatic N) is 1. The summed E-state index contributed by atoms with van der Waals surface area (Å²) in [5, 5.41) is 14.4. The Labute approximate surface area is 137 Å². The molecule has 0 aliphatic heterocycles. The van der Waals surface area contributed by atoms with Crippen LogP contribution in [0.5, 0.6) is 0 Å². The molecule has 1 aromatic heterocycles. The molecule has 108 valence electrons. The topological polar surface area (TPSA) is 60.9 Å². The molecule has 3 N–H and O–H groups in total. The minimum Gasteiger partial charge on any atom is -0.392 e. The fourth-order valence-electron chi connectivity index (χ4n) is 2.16. The predicted octanol–water partition coefficient (Wildman–Crippen LogP) is 3.72. The summed E-state index contributed by atoms with van der Waals surface area (Å²) in [5.41, 5.74) is 4.07. The number of aliphatic hydroxyl groups excluding tert-OH is 1. The molecule has 2 aromatic carbocycles. The van der Waals surface area contributed by atoms with Crippen LogP contribution in [-0.2, 0) is 6.61 Å². The van der Waals surface area contributed by atoms with Gasteiger partial charge in [-0.05, 0) is 24.3 Å². The fourth-order valence-corrected chi connectivity index (χ4v) is 3.37. The first kappa shape index (κ1) is 14.8. The van der Waals surface area contributed by atoms with Crippen LogP contribution in [0.2, 0.25) is 5.02 Å². The van der Waals surface area contributed by atoms with Crippen LogP contribution in [0.1, 0.15) is 5.56 Å². The first-order valence-electron chi connectivity index (χ1n) is 6.17. The number of aliphatic hydroxyl groups is 1. The standard InChI is InChI=1S/C14H12BrClN3OP/c15-8-1-2-10(9(16)4-8)19-12-7(5-20)3-11-13(14(12)21)18-6-17-11/h1-4,6,19-20H,5,21H2,(H,17,18). The molecule has 1 unspecified atom stereocenters. The molecule has 0 radical (unpaired) electrons. The van der Waals surface area contributed by atoms with Gasteiger partial charge < -0.3 is 15.4 Å². The highest BCUT2D eigenvalue weighted by Gasteiger charge is 2.13. The van der Waals surface area contributed by atoms with E-state index in [1.807, 2.05) is 24.3 Å². The molecule has 3 rings (SSSR count). The SMILES string of the molecule is OCc1cc2[nH]cnc2c(P)c1Nc1ccc(Br)cc1Cl. The van der Waals surface area contributed by atoms with Gasteiger partial charge in [0.2, 0.25) is 0 Å². The highest BCUT2D eigenvalue weighted by atomic mass is 79.9. The molecule has 4 nitrogen and oxygen atoms in total. The maximum atomic E-state index is 9.61. The number of aromatic nitrogens is 2. The average molecular weight is 385 g/mol. The Kier molecular flexibility index (Phi) is 4.18. The Hall–Kier alpha value is -1.13. The molecular formula is C14H12BrClN3OP. The fraction of sp³-hybridized carbons (Fsp3) is 0.0714. The predicted molar refractivity (Wildman–Crippen MR) is 93.8 cm³/mol. The monoisotopic (exact) mass is 383 g/mol. The van der Waals surface area contributed by atoms with Gasteiger partial charge in [-0.25, -0.2) is 4.98 Å². The summed E-state index contributed by atoms with van der Waals surface area (Å²) >= 11 is 9.62. The zero-order valence-electron chi connectivity index (χ0n) is 10.8. The van der Waals surface area contributed by atoms with Crippen LogP contribution >= 0.6 is 36.8 Å². The quantitative estimate of drug-likeness (QED) is 0.603. The van der Waals surface area contributed by atoms with Crippen LogP contribution in [0, 0.1) is 0 Å². The van der Waals surface area contributed by atoms with Gasteiger partial charge in [-0.15, -0.1) is 9.24 Å². The van der Waals surface area contributed by atoms with Crippen molar-refractivity contribution in [3.63, 3.8) is 0 Å². The third kappa shape index (κ3) is 2.79. The number of fused-ring (bicyclic) bond motifs is 1. The van der Waals surface area contributed by atoms with E-state index < -0.39 is 0 Å². The largest absolute Gasteiger partial charge is 0.392 e. The van der Waals surface area contributed by atoms with Crippen molar-refractivity contribution >= 4 is 64.5 Å². The van der Waals surface area contributed by atoms with Crippen molar-refractivity contribution in [2.75, 3.05) is 5.32 Å². The van der Waals surface area contributed by atoms with Crippen LogP contribution in [-0.4, -0.2) is 15.1 Å². The molecule has 1 atom stereocenters. The van der Waals surface area contributed by atoms with Gasteiger partial charge >= 0.3 is 0 Å². The normalized spacial score (nSPS) is 11.0. The summed E-state index contributed by atoms with van der Waals surface area (Å²) in [4.78, 5) is 7.34. The molecule has 0 bridgehead atoms. The van der Waals surface area contributed by atoms with Gasteiger partial charge in [-0.1, -0.05) is 27.5 Å². The number of hydrogen-bond donors (Lipinski definition) is 3. The second-order valence-electron chi connectivity index (χ2n) is 4.53. The number of halogens is 2. The average Bonchev–Trinajstić information content (AvgIpc) is 2.92. The lowest BCUT2D eigenvalue weighted by molar-refractivity contribution is 0.282. The van der Waals surface area contributed by atoms with Gasteiger partial charge in [-0.2, -0.15) is 0 Å². The first-order valence-corrected chi connectivity index (χ1v) is 7.92. The van der Waals surface area contributed by atoms with E-state index in [9.17, 15) is 5.11 Å². The minimum absolute atomic E-state index is 0.0765. The number of H-pyrrole nitrogens is 1. The van der Waals surface area contributed by atoms with Crippen molar-refractivity contribution in [1.29, 1.82) is 0 Å². The van der Waals surface area contributed by atoms with E-state index in [4.69, 9.17) is 11.6 Å². The number of imidazole rings is 1. The van der Waals surface area contributed by atoms with Crippen LogP contribution < -0.4 is 10.6 Å². The number of rotatable bonds is 3. The number of benzene rings is 2. The third-order valence-electron chi connectivity index (χ3n) is 3.19. The Balaban J connectivity index is 2.12. The van der Waals surface area contributed by atoms with Crippen molar-refractivity contribution in [1.82, 2.24) is 9.97 Å². The summed E-state index contributed by atoms with van der Waals surface area (Å²) in [5.74, 6) is 0. The van der Waals surface area contributed by atoms with E-state index in [0.717, 1.165) is 37.7 Å². The maximum absolute atomic E-state index is 9.61. The molecular weight excluding hydrogens is 373 g/mol. The smallest absolute Gasteiger partial charge is 0.0974 e. The van der Waals surface area contributed by atoms with Gasteiger partial charge in [0.05, 0.1) is 40.4 Å². The highest BCUT2D eigenvalue weighted by molar-refractivity contribution is 9.10. The van der Waals surface area contributed by atoms with Gasteiger partial charge in [0.25, 0.3) is 0 Å². The second kappa shape index (κ2) is 5.93. The van der Waals surface area contributed by atoms with E-state index in [-0.39, 0.29) is 6.61 Å². The summed E-state index contributed by atoms with van der Waals surface area (Å²) in [6.45, 7) is -0.0765. The van der Waals surface area contributed by atoms with Crippen molar-refractivity contribution in [2.24, 2.45) is 0 Å². The Morgan fingerprint density at radius 1 is 1.38 bits per heavy atom. The Morgan fingerprint density at radius 3 is 2.90 bits per heavy atom. The zero-order chi connectivity index (χ0) is 15.0. The number of anilines is 2. The molecule has 0 aliphatic rings. The van der Waals surface area contributed by atoms with E-state index in [2.05, 4.69) is 40.5 Å². The molecule has 3 aromatic rings. The van der Waals surface area contributed by atoms with Gasteiger partial charge in [0.15, 0.2) is 0 Å². The summed E-state index contributed by atoms with van der Waals surface area (Å²) < 4.78 is 0.911. The van der Waals surface area contributed by atoms with Gasteiger partial charge in [-0.3, -0.25) is 0 Å². The first-order chi connectivity index (χ1) is 10.1. The summed E-state index contributed by atoms with van der Waals surface area (Å²) in [7, 11) is 2.67. The van der Waals surface area contributed by atoms with Crippen molar-refractivity contribution < 1.29 is 5.11 Å².